The zero-order valence-corrected chi connectivity index (χ0v) is 16.6. The van der Waals surface area contributed by atoms with E-state index >= 15 is 0 Å². The second kappa shape index (κ2) is 10.7. The molecule has 2 atom stereocenters. The molecule has 0 aliphatic heterocycles. The number of benzene rings is 2. The Hall–Kier alpha value is -2.36. The molecule has 0 fully saturated rings. The monoisotopic (exact) mass is 370 g/mol. The van der Waals surface area contributed by atoms with Crippen molar-refractivity contribution in [2.24, 2.45) is 5.92 Å². The summed E-state index contributed by atoms with van der Waals surface area (Å²) in [6.07, 6.45) is 3.91. The van der Waals surface area contributed by atoms with Crippen molar-refractivity contribution in [2.45, 2.75) is 59.0 Å². The van der Waals surface area contributed by atoms with Crippen molar-refractivity contribution in [3.05, 3.63) is 48.0 Å². The number of hydrogen-bond donors (Lipinski definition) is 0. The van der Waals surface area contributed by atoms with E-state index in [2.05, 4.69) is 31.2 Å². The topological polar surface area (TPSA) is 52.6 Å². The lowest BCUT2D eigenvalue weighted by Crippen LogP contribution is -2.10. The van der Waals surface area contributed by atoms with E-state index in [0.29, 0.717) is 18.9 Å². The van der Waals surface area contributed by atoms with E-state index in [1.807, 2.05) is 25.1 Å². The van der Waals surface area contributed by atoms with Gasteiger partial charge in [0.15, 0.2) is 0 Å². The normalized spacial score (nSPS) is 13.1. The highest BCUT2D eigenvalue weighted by Crippen LogP contribution is 2.28. The van der Waals surface area contributed by atoms with Crippen LogP contribution in [0, 0.1) is 5.92 Å². The summed E-state index contributed by atoms with van der Waals surface area (Å²) >= 11 is 0. The molecule has 2 rings (SSSR count). The minimum absolute atomic E-state index is 0.126. The molecule has 0 aromatic heterocycles. The Morgan fingerprint density at radius 3 is 2.41 bits per heavy atom. The van der Waals surface area contributed by atoms with Crippen LogP contribution in [0.4, 0.5) is 0 Å². The molecule has 0 aliphatic rings. The molecule has 146 valence electrons. The number of ether oxygens (including phenoxy) is 2. The van der Waals surface area contributed by atoms with Gasteiger partial charge >= 0.3 is 11.9 Å². The summed E-state index contributed by atoms with van der Waals surface area (Å²) in [6, 6.07) is 14.4. The fourth-order valence-corrected chi connectivity index (χ4v) is 3.33. The quantitative estimate of drug-likeness (QED) is 0.404. The maximum atomic E-state index is 11.5. The maximum Gasteiger partial charge on any atom is 0.306 e. The molecule has 2 unspecified atom stereocenters. The van der Waals surface area contributed by atoms with Gasteiger partial charge in [-0.3, -0.25) is 9.59 Å². The highest BCUT2D eigenvalue weighted by Gasteiger charge is 2.16. The van der Waals surface area contributed by atoms with Crippen LogP contribution in [0.2, 0.25) is 0 Å². The Kier molecular flexibility index (Phi) is 8.31. The molecule has 4 heteroatoms. The Morgan fingerprint density at radius 1 is 1.00 bits per heavy atom. The first-order valence-electron chi connectivity index (χ1n) is 9.81. The van der Waals surface area contributed by atoms with E-state index in [1.54, 1.807) is 0 Å². The van der Waals surface area contributed by atoms with E-state index in [-0.39, 0.29) is 18.0 Å². The van der Waals surface area contributed by atoms with Crippen LogP contribution < -0.4 is 0 Å². The molecule has 0 aliphatic carbocycles. The third-order valence-corrected chi connectivity index (χ3v) is 4.69. The van der Waals surface area contributed by atoms with Crippen LogP contribution >= 0.6 is 0 Å². The zero-order valence-electron chi connectivity index (χ0n) is 16.6. The molecular formula is C23H30O4. The second-order valence-corrected chi connectivity index (χ2v) is 7.10. The van der Waals surface area contributed by atoms with Crippen molar-refractivity contribution in [3.63, 3.8) is 0 Å². The van der Waals surface area contributed by atoms with Gasteiger partial charge in [0.25, 0.3) is 0 Å². The van der Waals surface area contributed by atoms with E-state index in [1.165, 1.54) is 12.3 Å². The fraction of sp³-hybridized carbons (Fsp3) is 0.478. The Labute approximate surface area is 161 Å². The summed E-state index contributed by atoms with van der Waals surface area (Å²) in [5.74, 6) is -0.0836. The van der Waals surface area contributed by atoms with Crippen LogP contribution in [-0.4, -0.2) is 18.5 Å². The van der Waals surface area contributed by atoms with E-state index < -0.39 is 0 Å². The molecule has 2 aromatic rings. The Bertz CT molecular complexity index is 753. The van der Waals surface area contributed by atoms with E-state index in [0.717, 1.165) is 36.6 Å². The summed E-state index contributed by atoms with van der Waals surface area (Å²) in [5.41, 5.74) is 1.03. The number of fused-ring (bicyclic) bond motifs is 1. The number of rotatable bonds is 10. The third kappa shape index (κ3) is 7.05. The Morgan fingerprint density at radius 2 is 1.70 bits per heavy atom. The van der Waals surface area contributed by atoms with Crippen molar-refractivity contribution in [3.8, 4) is 0 Å². The summed E-state index contributed by atoms with van der Waals surface area (Å²) < 4.78 is 10.6. The molecule has 0 saturated heterocycles. The van der Waals surface area contributed by atoms with Gasteiger partial charge in [-0.25, -0.2) is 0 Å². The number of carbonyl (C=O) groups is 2. The van der Waals surface area contributed by atoms with Crippen LogP contribution in [-0.2, 0) is 19.1 Å². The predicted molar refractivity (Wildman–Crippen MR) is 107 cm³/mol. The average molecular weight is 370 g/mol. The third-order valence-electron chi connectivity index (χ3n) is 4.69. The van der Waals surface area contributed by atoms with Crippen LogP contribution in [0.25, 0.3) is 10.8 Å². The molecule has 0 amide bonds. The van der Waals surface area contributed by atoms with E-state index in [4.69, 9.17) is 9.47 Å². The van der Waals surface area contributed by atoms with Crippen molar-refractivity contribution in [1.29, 1.82) is 0 Å². The lowest BCUT2D eigenvalue weighted by molar-refractivity contribution is -0.147. The van der Waals surface area contributed by atoms with Crippen LogP contribution in [0.3, 0.4) is 0 Å². The van der Waals surface area contributed by atoms with Gasteiger partial charge in [0, 0.05) is 13.3 Å². The minimum atomic E-state index is -0.260. The van der Waals surface area contributed by atoms with Gasteiger partial charge in [-0.2, -0.15) is 0 Å². The molecule has 0 radical (unpaired) electrons. The first kappa shape index (κ1) is 20.9. The molecule has 0 heterocycles. The van der Waals surface area contributed by atoms with Crippen molar-refractivity contribution in [2.75, 3.05) is 6.61 Å². The lowest BCUT2D eigenvalue weighted by atomic mass is 9.96. The molecule has 0 N–H and O–H groups in total. The highest BCUT2D eigenvalue weighted by molar-refractivity contribution is 5.83. The predicted octanol–water partition coefficient (Wildman–Crippen LogP) is 5.59. The van der Waals surface area contributed by atoms with Gasteiger partial charge in [-0.15, -0.1) is 0 Å². The van der Waals surface area contributed by atoms with Gasteiger partial charge in [-0.05, 0) is 48.1 Å². The number of esters is 2. The number of carbonyl (C=O) groups excluding carboxylic acids is 2. The largest absolute Gasteiger partial charge is 0.466 e. The summed E-state index contributed by atoms with van der Waals surface area (Å²) in [6.45, 7) is 5.78. The maximum absolute atomic E-state index is 11.5. The van der Waals surface area contributed by atoms with E-state index in [9.17, 15) is 9.59 Å². The van der Waals surface area contributed by atoms with Crippen LogP contribution in [0.1, 0.15) is 64.5 Å². The lowest BCUT2D eigenvalue weighted by Gasteiger charge is -2.18. The Balaban J connectivity index is 1.90. The fourth-order valence-electron chi connectivity index (χ4n) is 3.33. The number of unbranched alkanes of at least 4 members (excludes halogenated alkanes) is 1. The van der Waals surface area contributed by atoms with Gasteiger partial charge in [0.1, 0.15) is 6.10 Å². The molecule has 2 aromatic carbocycles. The summed E-state index contributed by atoms with van der Waals surface area (Å²) in [5, 5.41) is 2.32. The van der Waals surface area contributed by atoms with Gasteiger partial charge in [0.05, 0.1) is 6.61 Å². The molecule has 0 saturated carbocycles. The first-order chi connectivity index (χ1) is 13.0. The summed E-state index contributed by atoms with van der Waals surface area (Å²) in [7, 11) is 0. The summed E-state index contributed by atoms with van der Waals surface area (Å²) in [4.78, 5) is 23.1. The minimum Gasteiger partial charge on any atom is -0.466 e. The van der Waals surface area contributed by atoms with Crippen LogP contribution in [0.5, 0.6) is 0 Å². The molecule has 0 bridgehead atoms. The molecule has 4 nitrogen and oxygen atoms in total. The molecule has 27 heavy (non-hydrogen) atoms. The molecular weight excluding hydrogens is 340 g/mol. The van der Waals surface area contributed by atoms with Crippen molar-refractivity contribution >= 4 is 22.7 Å². The molecule has 0 spiro atoms. The number of hydrogen-bond acceptors (Lipinski definition) is 4. The van der Waals surface area contributed by atoms with Gasteiger partial charge in [-0.1, -0.05) is 56.2 Å². The first-order valence-corrected chi connectivity index (χ1v) is 9.81. The second-order valence-electron chi connectivity index (χ2n) is 7.10. The van der Waals surface area contributed by atoms with Crippen molar-refractivity contribution in [1.82, 2.24) is 0 Å². The average Bonchev–Trinajstić information content (AvgIpc) is 2.63. The van der Waals surface area contributed by atoms with Gasteiger partial charge < -0.3 is 9.47 Å². The van der Waals surface area contributed by atoms with Crippen LogP contribution in [0.15, 0.2) is 42.5 Å². The van der Waals surface area contributed by atoms with Crippen molar-refractivity contribution < 1.29 is 19.1 Å². The SMILES string of the molecule is CCOC(=O)CC(C)CCCCC(OC(C)=O)c1ccc2ccccc2c1. The zero-order chi connectivity index (χ0) is 19.6. The standard InChI is InChI=1S/C23H30O4/c1-4-26-23(25)15-17(2)9-5-8-12-22(27-18(3)24)21-14-13-19-10-6-7-11-20(19)16-21/h6-7,10-11,13-14,16-17,22H,4-5,8-9,12,15H2,1-3H3. The highest BCUT2D eigenvalue weighted by atomic mass is 16.5. The smallest absolute Gasteiger partial charge is 0.306 e. The van der Waals surface area contributed by atoms with Gasteiger partial charge in [0.2, 0.25) is 0 Å².